The van der Waals surface area contributed by atoms with Crippen LogP contribution in [-0.2, 0) is 20.0 Å². The van der Waals surface area contributed by atoms with Crippen LogP contribution in [0, 0.1) is 0 Å². The number of hydrogen-bond donors (Lipinski definition) is 2. The second-order valence-corrected chi connectivity index (χ2v) is 6.01. The molecule has 1 aromatic carbocycles. The molecule has 1 amide bonds. The van der Waals surface area contributed by atoms with Gasteiger partial charge in [-0.2, -0.15) is 0 Å². The fourth-order valence-electron chi connectivity index (χ4n) is 1.69. The van der Waals surface area contributed by atoms with Gasteiger partial charge in [0.05, 0.1) is 18.5 Å². The Bertz CT molecular complexity index is 464. The summed E-state index contributed by atoms with van der Waals surface area (Å²) in [6.45, 7) is 4.47. The van der Waals surface area contributed by atoms with Gasteiger partial charge in [0.25, 0.3) is 0 Å². The molecule has 0 bridgehead atoms. The summed E-state index contributed by atoms with van der Waals surface area (Å²) in [6, 6.07) is 6.98. The molecule has 0 aliphatic rings. The summed E-state index contributed by atoms with van der Waals surface area (Å²) in [5.74, 6) is 0. The Morgan fingerprint density at radius 3 is 2.20 bits per heavy atom. The van der Waals surface area contributed by atoms with Crippen molar-refractivity contribution in [2.45, 2.75) is 20.3 Å². The van der Waals surface area contributed by atoms with Gasteiger partial charge in [0.2, 0.25) is 0 Å². The van der Waals surface area contributed by atoms with Gasteiger partial charge in [-0.1, -0.05) is 12.1 Å². The molecule has 112 valence electrons. The van der Waals surface area contributed by atoms with E-state index in [-0.39, 0.29) is 0 Å². The zero-order valence-electron chi connectivity index (χ0n) is 11.7. The second-order valence-electron chi connectivity index (χ2n) is 3.98. The van der Waals surface area contributed by atoms with Crippen LogP contribution in [-0.4, -0.2) is 31.0 Å². The lowest BCUT2D eigenvalue weighted by atomic mass is 10.1. The summed E-state index contributed by atoms with van der Waals surface area (Å²) in [7, 11) is -3.24. The molecule has 0 aromatic heterocycles. The van der Waals surface area contributed by atoms with Crippen molar-refractivity contribution in [1.29, 1.82) is 0 Å². The van der Waals surface area contributed by atoms with Crippen LogP contribution in [0.1, 0.15) is 19.4 Å². The van der Waals surface area contributed by atoms with Gasteiger partial charge < -0.3 is 19.5 Å². The first-order valence-electron chi connectivity index (χ1n) is 6.47. The molecule has 20 heavy (non-hydrogen) atoms. The molecule has 0 unspecified atom stereocenters. The zero-order valence-corrected chi connectivity index (χ0v) is 12.6. The van der Waals surface area contributed by atoms with Crippen LogP contribution >= 0.6 is 7.60 Å². The minimum atomic E-state index is -3.24. The maximum absolute atomic E-state index is 12.5. The molecule has 0 atom stereocenters. The maximum Gasteiger partial charge on any atom is 0.404 e. The lowest BCUT2D eigenvalue weighted by Gasteiger charge is -2.17. The molecule has 7 heteroatoms. The highest BCUT2D eigenvalue weighted by Crippen LogP contribution is 2.46. The molecule has 1 aromatic rings. The van der Waals surface area contributed by atoms with Crippen LogP contribution in [0.3, 0.4) is 0 Å². The van der Waals surface area contributed by atoms with Crippen LogP contribution < -0.4 is 10.6 Å². The topological polar surface area (TPSA) is 84.9 Å². The highest BCUT2D eigenvalue weighted by Gasteiger charge is 2.26. The molecule has 0 fully saturated rings. The lowest BCUT2D eigenvalue weighted by molar-refractivity contribution is 0.194. The van der Waals surface area contributed by atoms with Gasteiger partial charge in [-0.05, 0) is 38.0 Å². The van der Waals surface area contributed by atoms with E-state index < -0.39 is 13.7 Å². The summed E-state index contributed by atoms with van der Waals surface area (Å²) in [4.78, 5) is 10.3. The van der Waals surface area contributed by atoms with Gasteiger partial charge in [0, 0.05) is 6.54 Å². The van der Waals surface area contributed by atoms with E-state index in [9.17, 15) is 9.36 Å². The van der Waals surface area contributed by atoms with Gasteiger partial charge in [-0.25, -0.2) is 4.79 Å². The Balaban J connectivity index is 2.73. The molecule has 0 radical (unpaired) electrons. The fourth-order valence-corrected chi connectivity index (χ4v) is 3.25. The van der Waals surface area contributed by atoms with E-state index >= 15 is 0 Å². The Labute approximate surface area is 118 Å². The minimum Gasteiger partial charge on any atom is -0.465 e. The van der Waals surface area contributed by atoms with Crippen molar-refractivity contribution >= 4 is 19.0 Å². The Kier molecular flexibility index (Phi) is 6.71. The molecule has 2 N–H and O–H groups in total. The van der Waals surface area contributed by atoms with Gasteiger partial charge in [-0.3, -0.25) is 4.57 Å². The molecule has 1 rings (SSSR count). The van der Waals surface area contributed by atoms with Gasteiger partial charge in [0.15, 0.2) is 0 Å². The summed E-state index contributed by atoms with van der Waals surface area (Å²) in [5.41, 5.74) is 0.946. The molecule has 0 aliphatic heterocycles. The predicted molar refractivity (Wildman–Crippen MR) is 76.7 cm³/mol. The van der Waals surface area contributed by atoms with Gasteiger partial charge in [0.1, 0.15) is 0 Å². The third-order valence-electron chi connectivity index (χ3n) is 2.54. The van der Waals surface area contributed by atoms with Crippen molar-refractivity contribution < 1.29 is 23.5 Å². The lowest BCUT2D eigenvalue weighted by Crippen LogP contribution is -2.23. The number of carboxylic acid groups (broad SMARTS) is 1. The van der Waals surface area contributed by atoms with Gasteiger partial charge >= 0.3 is 13.7 Å². The third-order valence-corrected chi connectivity index (χ3v) is 4.67. The highest BCUT2D eigenvalue weighted by atomic mass is 31.2. The molecule has 0 aliphatic carbocycles. The highest BCUT2D eigenvalue weighted by molar-refractivity contribution is 7.62. The number of benzene rings is 1. The van der Waals surface area contributed by atoms with Crippen LogP contribution in [0.25, 0.3) is 0 Å². The van der Waals surface area contributed by atoms with Crippen LogP contribution in [0.5, 0.6) is 0 Å². The standard InChI is InChI=1S/C13H20NO5P/c1-3-18-20(17,19-4-2)12-7-5-11(6-8-12)9-10-14-13(15)16/h5-8,14H,3-4,9-10H2,1-2H3,(H,15,16). The molecule has 0 spiro atoms. The van der Waals surface area contributed by atoms with Crippen molar-refractivity contribution in [3.8, 4) is 0 Å². The Hall–Kier alpha value is -1.36. The Morgan fingerprint density at radius 2 is 1.75 bits per heavy atom. The average molecular weight is 301 g/mol. The molecule has 6 nitrogen and oxygen atoms in total. The quantitative estimate of drug-likeness (QED) is 0.720. The van der Waals surface area contributed by atoms with E-state index in [4.69, 9.17) is 14.2 Å². The molecule has 0 saturated carbocycles. The first-order valence-corrected chi connectivity index (χ1v) is 8.01. The summed E-state index contributed by atoms with van der Waals surface area (Å²) >= 11 is 0. The zero-order chi connectivity index (χ0) is 15.0. The van der Waals surface area contributed by atoms with E-state index in [1.165, 1.54) is 0 Å². The number of carbonyl (C=O) groups is 1. The maximum atomic E-state index is 12.5. The van der Waals surface area contributed by atoms with E-state index in [1.807, 2.05) is 0 Å². The smallest absolute Gasteiger partial charge is 0.404 e. The van der Waals surface area contributed by atoms with E-state index in [0.29, 0.717) is 31.5 Å². The summed E-state index contributed by atoms with van der Waals surface area (Å²) in [6.07, 6.45) is -0.473. The van der Waals surface area contributed by atoms with Crippen molar-refractivity contribution in [2.24, 2.45) is 0 Å². The van der Waals surface area contributed by atoms with Crippen LogP contribution in [0.2, 0.25) is 0 Å². The van der Waals surface area contributed by atoms with Crippen LogP contribution in [0.4, 0.5) is 4.79 Å². The van der Waals surface area contributed by atoms with E-state index in [1.54, 1.807) is 38.1 Å². The number of nitrogens with one attached hydrogen (secondary N) is 1. The largest absolute Gasteiger partial charge is 0.465 e. The van der Waals surface area contributed by atoms with Crippen molar-refractivity contribution in [3.63, 3.8) is 0 Å². The van der Waals surface area contributed by atoms with E-state index in [2.05, 4.69) is 5.32 Å². The number of amides is 1. The van der Waals surface area contributed by atoms with Crippen LogP contribution in [0.15, 0.2) is 24.3 Å². The SMILES string of the molecule is CCOP(=O)(OCC)c1ccc(CCNC(=O)O)cc1. The van der Waals surface area contributed by atoms with E-state index in [0.717, 1.165) is 5.56 Å². The first kappa shape index (κ1) is 16.7. The molecule has 0 heterocycles. The normalized spacial score (nSPS) is 11.3. The Morgan fingerprint density at radius 1 is 1.20 bits per heavy atom. The third kappa shape index (κ3) is 4.96. The number of hydrogen-bond acceptors (Lipinski definition) is 4. The molecular weight excluding hydrogens is 281 g/mol. The average Bonchev–Trinajstić information content (AvgIpc) is 2.39. The summed E-state index contributed by atoms with van der Waals surface area (Å²) < 4.78 is 23.0. The van der Waals surface area contributed by atoms with Crippen molar-refractivity contribution in [3.05, 3.63) is 29.8 Å². The van der Waals surface area contributed by atoms with Crippen molar-refractivity contribution in [1.82, 2.24) is 5.32 Å². The first-order chi connectivity index (χ1) is 9.51. The molecule has 0 saturated heterocycles. The predicted octanol–water partition coefficient (Wildman–Crippen LogP) is 2.39. The van der Waals surface area contributed by atoms with Crippen molar-refractivity contribution in [2.75, 3.05) is 19.8 Å². The second kappa shape index (κ2) is 8.04. The monoisotopic (exact) mass is 301 g/mol. The fraction of sp³-hybridized carbons (Fsp3) is 0.462. The minimum absolute atomic E-state index is 0.307. The molecular formula is C13H20NO5P. The summed E-state index contributed by atoms with van der Waals surface area (Å²) in [5, 5.41) is 11.3. The van der Waals surface area contributed by atoms with Gasteiger partial charge in [-0.15, -0.1) is 0 Å². The number of rotatable bonds is 8.